The summed E-state index contributed by atoms with van der Waals surface area (Å²) in [4.78, 5) is 14.3. The van der Waals surface area contributed by atoms with Crippen LogP contribution in [0.15, 0.2) is 48.5 Å². The third-order valence-electron chi connectivity index (χ3n) is 4.77. The van der Waals surface area contributed by atoms with Crippen molar-refractivity contribution in [1.82, 2.24) is 4.90 Å². The van der Waals surface area contributed by atoms with Gasteiger partial charge in [-0.15, -0.1) is 0 Å². The molecule has 1 atom stereocenters. The number of carbonyl (C=O) groups excluding carboxylic acids is 1. The van der Waals surface area contributed by atoms with E-state index in [4.69, 9.17) is 10.00 Å². The highest BCUT2D eigenvalue weighted by molar-refractivity contribution is 5.89. The van der Waals surface area contributed by atoms with E-state index in [0.717, 1.165) is 6.42 Å². The maximum Gasteiger partial charge on any atom is 0.321 e. The molecule has 1 N–H and O–H groups in total. The number of hydrogen-bond acceptors (Lipinski definition) is 3. The summed E-state index contributed by atoms with van der Waals surface area (Å²) >= 11 is 0. The number of urea groups is 1. The zero-order valence-electron chi connectivity index (χ0n) is 13.2. The Hall–Kier alpha value is -2.84. The summed E-state index contributed by atoms with van der Waals surface area (Å²) in [6, 6.07) is 17.1. The van der Waals surface area contributed by atoms with Crippen LogP contribution in [0.1, 0.15) is 23.1 Å². The molecule has 2 amide bonds. The summed E-state index contributed by atoms with van der Waals surface area (Å²) in [6.07, 6.45) is 0.801. The van der Waals surface area contributed by atoms with Gasteiger partial charge in [0.15, 0.2) is 0 Å². The van der Waals surface area contributed by atoms with Crippen LogP contribution in [0.25, 0.3) is 0 Å². The molecule has 0 radical (unpaired) electrons. The first-order chi connectivity index (χ1) is 11.7. The number of amides is 2. The van der Waals surface area contributed by atoms with Gasteiger partial charge in [0.25, 0.3) is 0 Å². The standard InChI is InChI=1S/C19H17N3O2/c20-11-14-4-3-6-16(10-14)21-18(23)22-9-8-19(13-22)17-7-2-1-5-15(17)12-24-19/h1-7,10H,8-9,12-13H2,(H,21,23). The number of anilines is 1. The van der Waals surface area contributed by atoms with E-state index < -0.39 is 0 Å². The minimum Gasteiger partial charge on any atom is -0.364 e. The van der Waals surface area contributed by atoms with Crippen molar-refractivity contribution in [2.24, 2.45) is 0 Å². The van der Waals surface area contributed by atoms with Gasteiger partial charge in [-0.3, -0.25) is 0 Å². The van der Waals surface area contributed by atoms with Crippen LogP contribution in [0, 0.1) is 11.3 Å². The van der Waals surface area contributed by atoms with Gasteiger partial charge in [0, 0.05) is 18.7 Å². The van der Waals surface area contributed by atoms with Gasteiger partial charge < -0.3 is 15.0 Å². The Balaban J connectivity index is 1.49. The van der Waals surface area contributed by atoms with Crippen LogP contribution >= 0.6 is 0 Å². The number of ether oxygens (including phenoxy) is 1. The van der Waals surface area contributed by atoms with Gasteiger partial charge in [-0.2, -0.15) is 5.26 Å². The molecule has 2 aromatic carbocycles. The first-order valence-corrected chi connectivity index (χ1v) is 7.99. The maximum atomic E-state index is 12.5. The fourth-order valence-corrected chi connectivity index (χ4v) is 3.55. The van der Waals surface area contributed by atoms with Gasteiger partial charge >= 0.3 is 6.03 Å². The molecular formula is C19H17N3O2. The van der Waals surface area contributed by atoms with Crippen molar-refractivity contribution in [3.8, 4) is 6.07 Å². The van der Waals surface area contributed by atoms with E-state index in [9.17, 15) is 4.79 Å². The second-order valence-electron chi connectivity index (χ2n) is 6.23. The van der Waals surface area contributed by atoms with Crippen LogP contribution < -0.4 is 5.32 Å². The Morgan fingerprint density at radius 1 is 1.25 bits per heavy atom. The number of rotatable bonds is 1. The number of carbonyl (C=O) groups is 1. The van der Waals surface area contributed by atoms with Crippen molar-refractivity contribution in [3.05, 3.63) is 65.2 Å². The van der Waals surface area contributed by atoms with Crippen LogP contribution in [0.3, 0.4) is 0 Å². The molecule has 4 rings (SSSR count). The SMILES string of the molecule is N#Cc1cccc(NC(=O)N2CCC3(C2)OCc2ccccc23)c1. The quantitative estimate of drug-likeness (QED) is 0.877. The number of nitrogens with one attached hydrogen (secondary N) is 1. The molecule has 2 aliphatic heterocycles. The molecule has 1 fully saturated rings. The Kier molecular flexibility index (Phi) is 3.47. The lowest BCUT2D eigenvalue weighted by molar-refractivity contribution is -0.0269. The van der Waals surface area contributed by atoms with E-state index >= 15 is 0 Å². The van der Waals surface area contributed by atoms with Crippen LogP contribution in [0.2, 0.25) is 0 Å². The fraction of sp³-hybridized carbons (Fsp3) is 0.263. The highest BCUT2D eigenvalue weighted by Crippen LogP contribution is 2.43. The zero-order valence-corrected chi connectivity index (χ0v) is 13.2. The topological polar surface area (TPSA) is 65.4 Å². The highest BCUT2D eigenvalue weighted by Gasteiger charge is 2.46. The maximum absolute atomic E-state index is 12.5. The Bertz CT molecular complexity index is 843. The molecular weight excluding hydrogens is 302 g/mol. The second-order valence-corrected chi connectivity index (χ2v) is 6.23. The van der Waals surface area contributed by atoms with Gasteiger partial charge in [-0.25, -0.2) is 4.79 Å². The van der Waals surface area contributed by atoms with E-state index in [1.165, 1.54) is 11.1 Å². The molecule has 120 valence electrons. The summed E-state index contributed by atoms with van der Waals surface area (Å²) in [7, 11) is 0. The minimum absolute atomic E-state index is 0.157. The molecule has 24 heavy (non-hydrogen) atoms. The zero-order chi connectivity index (χ0) is 16.6. The van der Waals surface area contributed by atoms with Gasteiger partial charge in [-0.1, -0.05) is 30.3 Å². The molecule has 5 heteroatoms. The molecule has 0 bridgehead atoms. The molecule has 2 aromatic rings. The van der Waals surface area contributed by atoms with Crippen molar-refractivity contribution < 1.29 is 9.53 Å². The molecule has 0 aliphatic carbocycles. The van der Waals surface area contributed by atoms with Crippen molar-refractivity contribution in [1.29, 1.82) is 5.26 Å². The van der Waals surface area contributed by atoms with Crippen molar-refractivity contribution in [2.75, 3.05) is 18.4 Å². The average Bonchev–Trinajstić information content (AvgIpc) is 3.21. The molecule has 0 aromatic heterocycles. The largest absolute Gasteiger partial charge is 0.364 e. The van der Waals surface area contributed by atoms with E-state index in [-0.39, 0.29) is 11.6 Å². The fourth-order valence-electron chi connectivity index (χ4n) is 3.55. The van der Waals surface area contributed by atoms with Gasteiger partial charge in [0.05, 0.1) is 24.8 Å². The second kappa shape index (κ2) is 5.66. The summed E-state index contributed by atoms with van der Waals surface area (Å²) in [6.45, 7) is 1.81. The first-order valence-electron chi connectivity index (χ1n) is 7.99. The molecule has 1 unspecified atom stereocenters. The van der Waals surface area contributed by atoms with E-state index in [1.54, 1.807) is 29.2 Å². The molecule has 2 aliphatic rings. The van der Waals surface area contributed by atoms with Crippen LogP contribution in [0.5, 0.6) is 0 Å². The van der Waals surface area contributed by atoms with Crippen molar-refractivity contribution >= 4 is 11.7 Å². The Morgan fingerprint density at radius 3 is 3.00 bits per heavy atom. The number of nitrogens with zero attached hydrogens (tertiary/aromatic N) is 2. The molecule has 2 heterocycles. The van der Waals surface area contributed by atoms with E-state index in [0.29, 0.717) is 30.9 Å². The van der Waals surface area contributed by atoms with E-state index in [2.05, 4.69) is 23.5 Å². The molecule has 5 nitrogen and oxygen atoms in total. The molecule has 1 spiro atoms. The third-order valence-corrected chi connectivity index (χ3v) is 4.77. The molecule has 1 saturated heterocycles. The lowest BCUT2D eigenvalue weighted by atomic mass is 9.92. The predicted molar refractivity (Wildman–Crippen MR) is 89.3 cm³/mol. The number of benzene rings is 2. The molecule has 0 saturated carbocycles. The van der Waals surface area contributed by atoms with Gasteiger partial charge in [0.1, 0.15) is 5.60 Å². The van der Waals surface area contributed by atoms with Crippen LogP contribution in [-0.4, -0.2) is 24.0 Å². The number of fused-ring (bicyclic) bond motifs is 2. The van der Waals surface area contributed by atoms with Crippen molar-refractivity contribution in [3.63, 3.8) is 0 Å². The first kappa shape index (κ1) is 14.7. The third kappa shape index (κ3) is 2.41. The monoisotopic (exact) mass is 319 g/mol. The van der Waals surface area contributed by atoms with Crippen LogP contribution in [-0.2, 0) is 16.9 Å². The summed E-state index contributed by atoms with van der Waals surface area (Å²) in [5.41, 5.74) is 3.20. The number of likely N-dealkylation sites (tertiary alicyclic amines) is 1. The van der Waals surface area contributed by atoms with Crippen LogP contribution in [0.4, 0.5) is 10.5 Å². The van der Waals surface area contributed by atoms with Gasteiger partial charge in [-0.05, 0) is 29.3 Å². The number of hydrogen-bond donors (Lipinski definition) is 1. The highest BCUT2D eigenvalue weighted by atomic mass is 16.5. The summed E-state index contributed by atoms with van der Waals surface area (Å²) in [5.74, 6) is 0. The van der Waals surface area contributed by atoms with Gasteiger partial charge in [0.2, 0.25) is 0 Å². The smallest absolute Gasteiger partial charge is 0.321 e. The Morgan fingerprint density at radius 2 is 2.12 bits per heavy atom. The minimum atomic E-state index is -0.373. The summed E-state index contributed by atoms with van der Waals surface area (Å²) < 4.78 is 6.07. The average molecular weight is 319 g/mol. The Labute approximate surface area is 140 Å². The van der Waals surface area contributed by atoms with Crippen molar-refractivity contribution in [2.45, 2.75) is 18.6 Å². The normalized spacial score (nSPS) is 21.5. The number of nitriles is 1. The lowest BCUT2D eigenvalue weighted by Crippen LogP contribution is -2.36. The van der Waals surface area contributed by atoms with E-state index in [1.807, 2.05) is 12.1 Å². The lowest BCUT2D eigenvalue weighted by Gasteiger charge is -2.25. The summed E-state index contributed by atoms with van der Waals surface area (Å²) in [5, 5.41) is 11.8. The predicted octanol–water partition coefficient (Wildman–Crippen LogP) is 3.22.